The number of aliphatic hydroxyl groups is 3. The van der Waals surface area contributed by atoms with Crippen molar-refractivity contribution in [1.29, 1.82) is 0 Å². The van der Waals surface area contributed by atoms with Crippen LogP contribution in [0, 0.1) is 4.91 Å². The summed E-state index contributed by atoms with van der Waals surface area (Å²) in [6.45, 7) is 1.55. The minimum absolute atomic E-state index is 0.0148. The third kappa shape index (κ3) is 2.48. The Hall–Kier alpha value is -0.560. The zero-order chi connectivity index (χ0) is 10.7. The second-order valence-electron chi connectivity index (χ2n) is 3.61. The Morgan fingerprint density at radius 1 is 1.50 bits per heavy atom. The van der Waals surface area contributed by atoms with Gasteiger partial charge in [-0.1, -0.05) is 5.18 Å². The highest BCUT2D eigenvalue weighted by molar-refractivity contribution is 4.90. The molecule has 14 heavy (non-hydrogen) atoms. The van der Waals surface area contributed by atoms with E-state index in [0.717, 1.165) is 0 Å². The van der Waals surface area contributed by atoms with E-state index >= 15 is 0 Å². The molecule has 1 heterocycles. The molecule has 0 saturated carbocycles. The number of nitroso groups, excluding NO2 is 1. The van der Waals surface area contributed by atoms with Gasteiger partial charge < -0.3 is 20.1 Å². The molecule has 0 spiro atoms. The lowest BCUT2D eigenvalue weighted by Gasteiger charge is -2.35. The van der Waals surface area contributed by atoms with E-state index in [4.69, 9.17) is 9.84 Å². The van der Waals surface area contributed by atoms with E-state index in [2.05, 4.69) is 5.18 Å². The van der Waals surface area contributed by atoms with Gasteiger partial charge in [-0.25, -0.2) is 0 Å². The van der Waals surface area contributed by atoms with Gasteiger partial charge in [0, 0.05) is 6.42 Å². The van der Waals surface area contributed by atoms with Gasteiger partial charge in [0.1, 0.15) is 18.2 Å². The molecule has 1 unspecified atom stereocenters. The highest BCUT2D eigenvalue weighted by Gasteiger charge is 2.39. The van der Waals surface area contributed by atoms with E-state index in [1.54, 1.807) is 6.92 Å². The molecule has 0 aromatic rings. The minimum Gasteiger partial charge on any atom is -0.393 e. The first-order valence-electron chi connectivity index (χ1n) is 4.54. The SMILES string of the molecule is CC(O)C[C@@H]1OC[C@@H](N=O)[C@H](O)[C@H]1O. The van der Waals surface area contributed by atoms with Crippen molar-refractivity contribution in [2.75, 3.05) is 6.61 Å². The minimum atomic E-state index is -1.20. The molecule has 0 amide bonds. The van der Waals surface area contributed by atoms with E-state index < -0.39 is 30.5 Å². The maximum absolute atomic E-state index is 10.2. The fraction of sp³-hybridized carbons (Fsp3) is 1.00. The van der Waals surface area contributed by atoms with Crippen LogP contribution in [0.5, 0.6) is 0 Å². The third-order valence-corrected chi connectivity index (χ3v) is 2.31. The summed E-state index contributed by atoms with van der Waals surface area (Å²) in [6, 6.07) is -0.921. The predicted octanol–water partition coefficient (Wildman–Crippen LogP) is -0.987. The Bertz CT molecular complexity index is 198. The normalized spacial score (nSPS) is 40.6. The van der Waals surface area contributed by atoms with Crippen LogP contribution in [0.1, 0.15) is 13.3 Å². The summed E-state index contributed by atoms with van der Waals surface area (Å²) in [7, 11) is 0. The topological polar surface area (TPSA) is 99.4 Å². The third-order valence-electron chi connectivity index (χ3n) is 2.31. The van der Waals surface area contributed by atoms with Crippen molar-refractivity contribution in [2.24, 2.45) is 5.18 Å². The molecule has 1 saturated heterocycles. The predicted molar refractivity (Wildman–Crippen MR) is 47.6 cm³/mol. The van der Waals surface area contributed by atoms with Crippen LogP contribution in [0.25, 0.3) is 0 Å². The molecule has 0 aromatic carbocycles. The van der Waals surface area contributed by atoms with Crippen LogP contribution in [-0.2, 0) is 4.74 Å². The molecule has 0 aliphatic carbocycles. The summed E-state index contributed by atoms with van der Waals surface area (Å²) in [5.74, 6) is 0. The lowest BCUT2D eigenvalue weighted by atomic mass is 9.95. The summed E-state index contributed by atoms with van der Waals surface area (Å²) in [4.78, 5) is 10.2. The molecule has 1 fully saturated rings. The van der Waals surface area contributed by atoms with E-state index in [-0.39, 0.29) is 13.0 Å². The van der Waals surface area contributed by atoms with Crippen molar-refractivity contribution in [3.05, 3.63) is 4.91 Å². The number of aliphatic hydroxyl groups excluding tert-OH is 3. The van der Waals surface area contributed by atoms with E-state index in [1.165, 1.54) is 0 Å². The van der Waals surface area contributed by atoms with Gasteiger partial charge in [-0.3, -0.25) is 0 Å². The van der Waals surface area contributed by atoms with Crippen LogP contribution in [0.3, 0.4) is 0 Å². The summed E-state index contributed by atoms with van der Waals surface area (Å²) in [6.07, 6.45) is -3.40. The molecule has 1 rings (SSSR count). The largest absolute Gasteiger partial charge is 0.393 e. The second kappa shape index (κ2) is 4.79. The van der Waals surface area contributed by atoms with Gasteiger partial charge >= 0.3 is 0 Å². The molecule has 82 valence electrons. The Morgan fingerprint density at radius 2 is 2.14 bits per heavy atom. The van der Waals surface area contributed by atoms with Crippen molar-refractivity contribution in [3.63, 3.8) is 0 Å². The maximum Gasteiger partial charge on any atom is 0.144 e. The van der Waals surface area contributed by atoms with E-state index in [1.807, 2.05) is 0 Å². The van der Waals surface area contributed by atoms with Crippen molar-refractivity contribution >= 4 is 0 Å². The molecular weight excluding hydrogens is 190 g/mol. The molecule has 6 nitrogen and oxygen atoms in total. The van der Waals surface area contributed by atoms with E-state index in [9.17, 15) is 15.1 Å². The zero-order valence-corrected chi connectivity index (χ0v) is 7.91. The van der Waals surface area contributed by atoms with Crippen LogP contribution in [0.15, 0.2) is 5.18 Å². The first kappa shape index (κ1) is 11.5. The standard InChI is InChI=1S/C8H15NO5/c1-4(10)2-6-8(12)7(11)5(9-13)3-14-6/h4-8,10-12H,2-3H2,1H3/t4?,5-,6+,7+,8+/m1/s1. The quantitative estimate of drug-likeness (QED) is 0.514. The number of hydrogen-bond acceptors (Lipinski definition) is 6. The summed E-state index contributed by atoms with van der Waals surface area (Å²) in [5, 5.41) is 30.6. The first-order chi connectivity index (χ1) is 6.56. The van der Waals surface area contributed by atoms with Crippen molar-refractivity contribution in [2.45, 2.75) is 43.8 Å². The van der Waals surface area contributed by atoms with Crippen LogP contribution in [0.4, 0.5) is 0 Å². The number of hydrogen-bond donors (Lipinski definition) is 3. The fourth-order valence-corrected chi connectivity index (χ4v) is 1.50. The molecule has 3 N–H and O–H groups in total. The van der Waals surface area contributed by atoms with Crippen molar-refractivity contribution in [3.8, 4) is 0 Å². The highest BCUT2D eigenvalue weighted by Crippen LogP contribution is 2.20. The number of nitrogens with zero attached hydrogens (tertiary/aromatic N) is 1. The van der Waals surface area contributed by atoms with Gasteiger partial charge in [-0.2, -0.15) is 4.91 Å². The maximum atomic E-state index is 10.2. The Morgan fingerprint density at radius 3 is 2.64 bits per heavy atom. The molecule has 0 bridgehead atoms. The lowest BCUT2D eigenvalue weighted by molar-refractivity contribution is -0.152. The van der Waals surface area contributed by atoms with Crippen LogP contribution in [-0.4, -0.2) is 52.4 Å². The highest BCUT2D eigenvalue weighted by atomic mass is 16.5. The molecule has 1 aliphatic heterocycles. The molecular formula is C8H15NO5. The number of ether oxygens (including phenoxy) is 1. The second-order valence-corrected chi connectivity index (χ2v) is 3.61. The summed E-state index contributed by atoms with van der Waals surface area (Å²) in [5.41, 5.74) is 0. The van der Waals surface area contributed by atoms with Gasteiger partial charge in [0.05, 0.1) is 18.8 Å². The van der Waals surface area contributed by atoms with Crippen molar-refractivity contribution < 1.29 is 20.1 Å². The smallest absolute Gasteiger partial charge is 0.144 e. The van der Waals surface area contributed by atoms with Gasteiger partial charge in [-0.05, 0) is 6.92 Å². The zero-order valence-electron chi connectivity index (χ0n) is 7.91. The molecule has 1 aliphatic rings. The lowest BCUT2D eigenvalue weighted by Crippen LogP contribution is -2.52. The van der Waals surface area contributed by atoms with Gasteiger partial charge in [0.2, 0.25) is 0 Å². The summed E-state index contributed by atoms with van der Waals surface area (Å²) >= 11 is 0. The van der Waals surface area contributed by atoms with E-state index in [0.29, 0.717) is 0 Å². The Balaban J connectivity index is 2.54. The van der Waals surface area contributed by atoms with Crippen LogP contribution in [0.2, 0.25) is 0 Å². The Labute approximate surface area is 81.5 Å². The number of rotatable bonds is 3. The van der Waals surface area contributed by atoms with Gasteiger partial charge in [-0.15, -0.1) is 0 Å². The fourth-order valence-electron chi connectivity index (χ4n) is 1.50. The van der Waals surface area contributed by atoms with Gasteiger partial charge in [0.15, 0.2) is 0 Å². The molecule has 6 heteroatoms. The van der Waals surface area contributed by atoms with Crippen molar-refractivity contribution in [1.82, 2.24) is 0 Å². The molecule has 5 atom stereocenters. The molecule has 0 aromatic heterocycles. The first-order valence-corrected chi connectivity index (χ1v) is 4.54. The van der Waals surface area contributed by atoms with Gasteiger partial charge in [0.25, 0.3) is 0 Å². The monoisotopic (exact) mass is 205 g/mol. The average Bonchev–Trinajstić information content (AvgIpc) is 2.13. The average molecular weight is 205 g/mol. The van der Waals surface area contributed by atoms with Crippen LogP contribution < -0.4 is 0 Å². The molecule has 0 radical (unpaired) electrons. The Kier molecular flexibility index (Phi) is 3.94. The van der Waals surface area contributed by atoms with Crippen LogP contribution >= 0.6 is 0 Å². The summed E-state index contributed by atoms with van der Waals surface area (Å²) < 4.78 is 5.11.